The monoisotopic (exact) mass is 566 g/mol. The lowest BCUT2D eigenvalue weighted by Gasteiger charge is -2.24. The second kappa shape index (κ2) is 9.82. The van der Waals surface area contributed by atoms with E-state index in [0.717, 1.165) is 66.3 Å². The van der Waals surface area contributed by atoms with E-state index in [1.54, 1.807) is 0 Å². The summed E-state index contributed by atoms with van der Waals surface area (Å²) in [5.74, 6) is 1.40. The number of aromatic nitrogens is 1. The van der Waals surface area contributed by atoms with Gasteiger partial charge in [0.25, 0.3) is 0 Å². The summed E-state index contributed by atoms with van der Waals surface area (Å²) < 4.78 is 8.73. The number of hydrogen-bond donors (Lipinski definition) is 1. The van der Waals surface area contributed by atoms with Crippen LogP contribution in [0.1, 0.15) is 17.3 Å². The van der Waals surface area contributed by atoms with Crippen molar-refractivity contribution in [1.82, 2.24) is 9.88 Å². The topological polar surface area (TPSA) is 54.8 Å². The summed E-state index contributed by atoms with van der Waals surface area (Å²) in [7, 11) is 0. The summed E-state index contributed by atoms with van der Waals surface area (Å²) >= 11 is 0. The van der Waals surface area contributed by atoms with Crippen molar-refractivity contribution in [2.75, 3.05) is 0 Å². The Balaban J connectivity index is 1.29. The molecule has 1 aliphatic heterocycles. The molecule has 5 heteroatoms. The number of benzene rings is 6. The highest BCUT2D eigenvalue weighted by molar-refractivity contribution is 6.28. The first-order chi connectivity index (χ1) is 21.8. The molecular weight excluding hydrogens is 540 g/mol. The van der Waals surface area contributed by atoms with E-state index in [1.807, 2.05) is 48.5 Å². The summed E-state index contributed by atoms with van der Waals surface area (Å²) in [6.07, 6.45) is -0.309. The van der Waals surface area contributed by atoms with Crippen molar-refractivity contribution < 1.29 is 4.42 Å². The van der Waals surface area contributed by atoms with Gasteiger partial charge in [0.05, 0.1) is 16.4 Å². The molecule has 0 saturated carbocycles. The van der Waals surface area contributed by atoms with Crippen molar-refractivity contribution in [3.8, 4) is 11.1 Å². The van der Waals surface area contributed by atoms with E-state index >= 15 is 0 Å². The number of para-hydroxylation sites is 1. The number of fused-ring (bicyclic) bond motifs is 2. The van der Waals surface area contributed by atoms with Crippen molar-refractivity contribution >= 4 is 55.5 Å². The summed E-state index contributed by atoms with van der Waals surface area (Å²) in [4.78, 5) is 10.4. The minimum absolute atomic E-state index is 0.309. The van der Waals surface area contributed by atoms with E-state index in [-0.39, 0.29) is 6.17 Å². The molecule has 0 radical (unpaired) electrons. The fourth-order valence-electron chi connectivity index (χ4n) is 6.44. The SMILES string of the molecule is c1ccc(-c2ccc(C3=NC(n4c5cccc6oc7ccccc7c7cccc4c7c65)=NC(c4ccccc4)N3)cc2)cc1. The van der Waals surface area contributed by atoms with E-state index in [9.17, 15) is 0 Å². The van der Waals surface area contributed by atoms with Gasteiger partial charge in [-0.05, 0) is 46.3 Å². The average Bonchev–Trinajstić information content (AvgIpc) is 3.36. The fourth-order valence-corrected chi connectivity index (χ4v) is 6.44. The maximum atomic E-state index is 6.55. The van der Waals surface area contributed by atoms with E-state index in [4.69, 9.17) is 14.4 Å². The predicted molar refractivity (Wildman–Crippen MR) is 180 cm³/mol. The molecule has 5 nitrogen and oxygen atoms in total. The van der Waals surface area contributed by atoms with Gasteiger partial charge in [0.2, 0.25) is 5.96 Å². The lowest BCUT2D eigenvalue weighted by molar-refractivity contribution is 0.663. The van der Waals surface area contributed by atoms with E-state index in [0.29, 0.717) is 5.96 Å². The Morgan fingerprint density at radius 1 is 0.523 bits per heavy atom. The molecule has 1 aliphatic rings. The van der Waals surface area contributed by atoms with Gasteiger partial charge in [-0.3, -0.25) is 4.57 Å². The second-order valence-corrected chi connectivity index (χ2v) is 11.1. The number of amidine groups is 1. The van der Waals surface area contributed by atoms with Gasteiger partial charge in [0, 0.05) is 16.3 Å². The largest absolute Gasteiger partial charge is 0.456 e. The lowest BCUT2D eigenvalue weighted by Crippen LogP contribution is -2.35. The summed E-state index contributed by atoms with van der Waals surface area (Å²) in [5, 5.41) is 8.04. The highest BCUT2D eigenvalue weighted by Crippen LogP contribution is 2.40. The molecule has 3 heterocycles. The quantitative estimate of drug-likeness (QED) is 0.232. The van der Waals surface area contributed by atoms with Crippen LogP contribution in [-0.4, -0.2) is 16.4 Å². The van der Waals surface area contributed by atoms with Gasteiger partial charge in [-0.25, -0.2) is 4.99 Å². The molecule has 0 aliphatic carbocycles. The van der Waals surface area contributed by atoms with Crippen LogP contribution in [-0.2, 0) is 0 Å². The zero-order valence-electron chi connectivity index (χ0n) is 23.7. The normalized spacial score (nSPS) is 15.0. The molecule has 0 saturated heterocycles. The molecular formula is C39H26N4O. The molecule has 2 aromatic heterocycles. The first-order valence-corrected chi connectivity index (χ1v) is 14.8. The Morgan fingerprint density at radius 2 is 1.14 bits per heavy atom. The van der Waals surface area contributed by atoms with Crippen molar-refractivity contribution in [2.45, 2.75) is 6.17 Å². The van der Waals surface area contributed by atoms with Gasteiger partial charge in [-0.1, -0.05) is 121 Å². The van der Waals surface area contributed by atoms with Crippen molar-refractivity contribution in [3.63, 3.8) is 0 Å². The number of nitrogens with one attached hydrogen (secondary N) is 1. The maximum absolute atomic E-state index is 6.55. The molecule has 208 valence electrons. The van der Waals surface area contributed by atoms with Crippen LogP contribution in [0, 0.1) is 0 Å². The summed E-state index contributed by atoms with van der Waals surface area (Å²) in [5.41, 5.74) is 8.15. The van der Waals surface area contributed by atoms with Crippen LogP contribution in [0.2, 0.25) is 0 Å². The first-order valence-electron chi connectivity index (χ1n) is 14.8. The van der Waals surface area contributed by atoms with Crippen LogP contribution in [0.4, 0.5) is 0 Å². The Kier molecular flexibility index (Phi) is 5.50. The third kappa shape index (κ3) is 3.87. The van der Waals surface area contributed by atoms with Crippen LogP contribution in [0.5, 0.6) is 0 Å². The number of aliphatic imine (C=N–C) groups is 2. The van der Waals surface area contributed by atoms with Gasteiger partial charge in [0.1, 0.15) is 23.2 Å². The van der Waals surface area contributed by atoms with Gasteiger partial charge in [0.15, 0.2) is 0 Å². The minimum atomic E-state index is -0.309. The van der Waals surface area contributed by atoms with Gasteiger partial charge < -0.3 is 9.73 Å². The number of nitrogens with zero attached hydrogens (tertiary/aromatic N) is 3. The van der Waals surface area contributed by atoms with E-state index in [2.05, 4.69) is 107 Å². The van der Waals surface area contributed by atoms with Crippen LogP contribution in [0.3, 0.4) is 0 Å². The third-order valence-corrected chi connectivity index (χ3v) is 8.49. The van der Waals surface area contributed by atoms with Crippen LogP contribution in [0.25, 0.3) is 54.9 Å². The molecule has 1 N–H and O–H groups in total. The average molecular weight is 567 g/mol. The molecule has 0 amide bonds. The van der Waals surface area contributed by atoms with Crippen LogP contribution < -0.4 is 5.32 Å². The zero-order valence-corrected chi connectivity index (χ0v) is 23.7. The van der Waals surface area contributed by atoms with Crippen molar-refractivity contribution in [3.05, 3.63) is 157 Å². The van der Waals surface area contributed by atoms with Crippen molar-refractivity contribution in [2.24, 2.45) is 9.98 Å². The Morgan fingerprint density at radius 3 is 1.95 bits per heavy atom. The number of rotatable bonds is 3. The Hall–Kier alpha value is -5.94. The van der Waals surface area contributed by atoms with Gasteiger partial charge in [-0.15, -0.1) is 0 Å². The van der Waals surface area contributed by atoms with Gasteiger partial charge >= 0.3 is 0 Å². The second-order valence-electron chi connectivity index (χ2n) is 11.1. The lowest BCUT2D eigenvalue weighted by atomic mass is 10.0. The third-order valence-electron chi connectivity index (χ3n) is 8.49. The summed E-state index contributed by atoms with van der Waals surface area (Å²) in [6, 6.07) is 50.2. The standard InChI is InChI=1S/C39H26N4O/c1-3-11-25(12-4-1)26-21-23-28(24-22-26)38-40-37(27-13-5-2-6-14-27)41-39(42-38)43-31-17-9-16-30-29-15-7-8-19-33(29)44-34-20-10-18-32(43)36(34)35(30)31/h1-24,37H,(H,40,41,42). The van der Waals surface area contributed by atoms with Crippen LogP contribution in [0.15, 0.2) is 160 Å². The van der Waals surface area contributed by atoms with E-state index < -0.39 is 0 Å². The zero-order chi connectivity index (χ0) is 29.0. The Labute approximate surface area is 253 Å². The highest BCUT2D eigenvalue weighted by atomic mass is 16.3. The highest BCUT2D eigenvalue weighted by Gasteiger charge is 2.25. The predicted octanol–water partition coefficient (Wildman–Crippen LogP) is 9.31. The first kappa shape index (κ1) is 24.6. The molecule has 1 atom stereocenters. The maximum Gasteiger partial charge on any atom is 0.234 e. The van der Waals surface area contributed by atoms with Gasteiger partial charge in [-0.2, -0.15) is 4.99 Å². The summed E-state index contributed by atoms with van der Waals surface area (Å²) in [6.45, 7) is 0. The molecule has 44 heavy (non-hydrogen) atoms. The molecule has 6 aromatic carbocycles. The van der Waals surface area contributed by atoms with E-state index in [1.165, 1.54) is 5.56 Å². The molecule has 0 bridgehead atoms. The van der Waals surface area contributed by atoms with Crippen LogP contribution >= 0.6 is 0 Å². The smallest absolute Gasteiger partial charge is 0.234 e. The van der Waals surface area contributed by atoms with Crippen molar-refractivity contribution in [1.29, 1.82) is 0 Å². The fraction of sp³-hybridized carbons (Fsp3) is 0.0256. The molecule has 8 aromatic rings. The Bertz CT molecular complexity index is 2400. The molecule has 0 fully saturated rings. The molecule has 0 spiro atoms. The molecule has 9 rings (SSSR count). The number of hydrogen-bond acceptors (Lipinski definition) is 4. The molecule has 1 unspecified atom stereocenters. The minimum Gasteiger partial charge on any atom is -0.456 e.